The van der Waals surface area contributed by atoms with E-state index in [1.54, 1.807) is 167 Å². The molecule has 430 valence electrons. The summed E-state index contributed by atoms with van der Waals surface area (Å²) >= 11 is 0. The average Bonchev–Trinajstić information content (AvgIpc) is 3.74. The molecule has 17 unspecified atom stereocenters. The van der Waals surface area contributed by atoms with E-state index >= 15 is 0 Å². The van der Waals surface area contributed by atoms with Crippen LogP contribution in [0.3, 0.4) is 0 Å². The maximum Gasteiger partial charge on any atom is -0.0380 e. The van der Waals surface area contributed by atoms with Crippen molar-refractivity contribution >= 4 is 0 Å². The van der Waals surface area contributed by atoms with Crippen molar-refractivity contribution in [3.8, 4) is 0 Å². The van der Waals surface area contributed by atoms with E-state index < -0.39 is 0 Å². The van der Waals surface area contributed by atoms with E-state index in [4.69, 9.17) is 0 Å². The monoisotopic (exact) mass is 1020 g/mol. The number of rotatable bonds is 6. The molecule has 0 aliphatic heterocycles. The Morgan fingerprint density at radius 2 is 0.365 bits per heavy atom. The largest absolute Gasteiger partial charge is 0.0625 e. The minimum absolute atomic E-state index is 0.937. The zero-order valence-electron chi connectivity index (χ0n) is 52.6. The van der Waals surface area contributed by atoms with E-state index in [0.29, 0.717) is 0 Å². The molecular weight excluding hydrogens is 889 g/mol. The molecule has 0 heteroatoms. The van der Waals surface area contributed by atoms with Gasteiger partial charge in [-0.15, -0.1) is 0 Å². The summed E-state index contributed by atoms with van der Waals surface area (Å²) in [4.78, 5) is 0. The Balaban J connectivity index is 0.000000115. The van der Waals surface area contributed by atoms with Crippen LogP contribution in [0.2, 0.25) is 0 Å². The smallest absolute Gasteiger partial charge is 0.0380 e. The summed E-state index contributed by atoms with van der Waals surface area (Å²) < 4.78 is 0. The fraction of sp³-hybridized carbons (Fsp3) is 1.00. The highest BCUT2D eigenvalue weighted by molar-refractivity contribution is 4.97. The van der Waals surface area contributed by atoms with Crippen LogP contribution >= 0.6 is 0 Å². The van der Waals surface area contributed by atoms with Gasteiger partial charge in [0.2, 0.25) is 0 Å². The molecule has 0 radical (unpaired) electrons. The highest BCUT2D eigenvalue weighted by Crippen LogP contribution is 2.57. The van der Waals surface area contributed by atoms with E-state index in [1.165, 1.54) is 75.0 Å². The maximum atomic E-state index is 2.43. The number of fused-ring (bicyclic) bond motifs is 7. The Hall–Kier alpha value is 0. The summed E-state index contributed by atoms with van der Waals surface area (Å²) in [6.07, 6.45) is 52.6. The van der Waals surface area contributed by atoms with Crippen LogP contribution in [-0.2, 0) is 0 Å². The van der Waals surface area contributed by atoms with Crippen molar-refractivity contribution < 1.29 is 0 Å². The molecule has 0 heterocycles. The van der Waals surface area contributed by atoms with Crippen LogP contribution in [0, 0.1) is 160 Å². The predicted octanol–water partition coefficient (Wildman–Crippen LogP) is 23.3. The lowest BCUT2D eigenvalue weighted by Crippen LogP contribution is -2.34. The lowest BCUT2D eigenvalue weighted by molar-refractivity contribution is 0.0630. The molecule has 14 aliphatic rings. The second-order valence-corrected chi connectivity index (χ2v) is 33.2. The first-order chi connectivity index (χ1) is 35.5. The van der Waals surface area contributed by atoms with Gasteiger partial charge >= 0.3 is 0 Å². The van der Waals surface area contributed by atoms with Crippen molar-refractivity contribution in [2.45, 2.75) is 308 Å². The molecule has 17 atom stereocenters. The molecule has 0 amide bonds. The molecule has 0 aromatic rings. The topological polar surface area (TPSA) is 0 Å². The quantitative estimate of drug-likeness (QED) is 0.249. The van der Waals surface area contributed by atoms with Gasteiger partial charge in [0.05, 0.1) is 0 Å². The molecule has 0 aromatic carbocycles. The maximum absolute atomic E-state index is 2.43. The van der Waals surface area contributed by atoms with Gasteiger partial charge in [-0.1, -0.05) is 161 Å². The van der Waals surface area contributed by atoms with E-state index in [1.807, 2.05) is 0 Å². The number of hydrogen-bond acceptors (Lipinski definition) is 0. The Kier molecular flexibility index (Phi) is 23.2. The van der Waals surface area contributed by atoms with Crippen molar-refractivity contribution in [2.24, 2.45) is 160 Å². The molecule has 14 rings (SSSR count). The Morgan fingerprint density at radius 1 is 0.176 bits per heavy atom. The normalized spacial score (nSPS) is 44.4. The summed E-state index contributed by atoms with van der Waals surface area (Å²) in [6.45, 7) is 31.1. The van der Waals surface area contributed by atoms with Gasteiger partial charge in [-0.2, -0.15) is 0 Å². The predicted molar refractivity (Wildman–Crippen MR) is 325 cm³/mol. The zero-order chi connectivity index (χ0) is 52.6. The van der Waals surface area contributed by atoms with Crippen LogP contribution in [0.15, 0.2) is 0 Å². The third kappa shape index (κ3) is 17.3. The van der Waals surface area contributed by atoms with Crippen LogP contribution < -0.4 is 0 Å². The van der Waals surface area contributed by atoms with Crippen molar-refractivity contribution in [2.75, 3.05) is 0 Å². The third-order valence-corrected chi connectivity index (χ3v) is 26.6. The fourth-order valence-electron chi connectivity index (χ4n) is 19.9. The van der Waals surface area contributed by atoms with Crippen molar-refractivity contribution in [3.05, 3.63) is 0 Å². The fourth-order valence-corrected chi connectivity index (χ4v) is 19.9. The highest BCUT2D eigenvalue weighted by atomic mass is 14.5. The van der Waals surface area contributed by atoms with E-state index in [-0.39, 0.29) is 0 Å². The van der Waals surface area contributed by atoms with Crippen molar-refractivity contribution in [1.29, 1.82) is 0 Å². The van der Waals surface area contributed by atoms with Gasteiger partial charge in [0.25, 0.3) is 0 Å². The summed E-state index contributed by atoms with van der Waals surface area (Å²) in [5.41, 5.74) is 0. The third-order valence-electron chi connectivity index (χ3n) is 26.6. The first-order valence-electron chi connectivity index (χ1n) is 35.5. The molecular formula is C74H134. The van der Waals surface area contributed by atoms with Crippen LogP contribution in [0.4, 0.5) is 0 Å². The SMILES string of the molecule is CC(C)C1CC2CC2C1.CC(C)C1CC2CCC2C1.CC(C)C1CC2CCCC2C1.CC(C)C1CCC2CC2C1.CC(C)C1CCC2CCC2C1.CC(C)C1CCC2CCCC2C1.CC1CCC2CCCC2CC1. The first kappa shape index (κ1) is 60.1. The van der Waals surface area contributed by atoms with Crippen molar-refractivity contribution in [3.63, 3.8) is 0 Å². The van der Waals surface area contributed by atoms with Gasteiger partial charge in [0.1, 0.15) is 0 Å². The van der Waals surface area contributed by atoms with E-state index in [9.17, 15) is 0 Å². The minimum Gasteiger partial charge on any atom is -0.0625 e. The molecule has 74 heavy (non-hydrogen) atoms. The molecule has 14 fully saturated rings. The Bertz CT molecular complexity index is 1500. The lowest BCUT2D eigenvalue weighted by Gasteiger charge is -2.45. The molecule has 14 saturated carbocycles. The van der Waals surface area contributed by atoms with E-state index in [2.05, 4.69) is 90.0 Å². The first-order valence-corrected chi connectivity index (χ1v) is 35.5. The van der Waals surface area contributed by atoms with Gasteiger partial charge in [-0.3, -0.25) is 0 Å². The molecule has 0 nitrogen and oxygen atoms in total. The molecule has 0 saturated heterocycles. The molecule has 14 aliphatic carbocycles. The van der Waals surface area contributed by atoms with Crippen LogP contribution in [-0.4, -0.2) is 0 Å². The van der Waals surface area contributed by atoms with Crippen LogP contribution in [0.25, 0.3) is 0 Å². The Labute approximate surface area is 465 Å². The summed E-state index contributed by atoms with van der Waals surface area (Å²) in [7, 11) is 0. The average molecular weight is 1020 g/mol. The lowest BCUT2D eigenvalue weighted by atomic mass is 9.61. The van der Waals surface area contributed by atoms with Crippen LogP contribution in [0.1, 0.15) is 308 Å². The zero-order valence-corrected chi connectivity index (χ0v) is 52.6. The van der Waals surface area contributed by atoms with Crippen molar-refractivity contribution in [1.82, 2.24) is 0 Å². The minimum atomic E-state index is 0.937. The summed E-state index contributed by atoms with van der Waals surface area (Å²) in [5, 5.41) is 0. The summed E-state index contributed by atoms with van der Waals surface area (Å²) in [5.74, 6) is 29.3. The van der Waals surface area contributed by atoms with E-state index in [0.717, 1.165) is 136 Å². The van der Waals surface area contributed by atoms with Gasteiger partial charge < -0.3 is 0 Å². The molecule has 0 bridgehead atoms. The second-order valence-electron chi connectivity index (χ2n) is 33.2. The second kappa shape index (κ2) is 28.6. The Morgan fingerprint density at radius 3 is 0.716 bits per heavy atom. The molecule has 0 N–H and O–H groups in total. The molecule has 0 aromatic heterocycles. The standard InChI is InChI=1S/C12H22.3C11H20.2C10H18.C9H16/c1-9(2)11-7-6-10-4-3-5-12(10)8-11;1-8(2)10-5-3-9-4-6-11(9)7-10;1-8(2)11-6-9-4-3-5-10(9)7-11;1-9-5-7-10-3-2-4-11(10)8-6-9;1-7(2)10-5-8-3-4-9(8)6-10;1-7(2)8-3-4-9-6-10(9)5-8;1-6(2)7-3-8-5-9(8)4-7/h9-12H,3-8H2,1-2H3;2*8-11H,3-7H2,1-2H3;9-11H,2-8H2,1H3;2*7-10H,3-6H2,1-2H3;6-9H,3-5H2,1-2H3. The van der Waals surface area contributed by atoms with Gasteiger partial charge in [-0.05, 0) is 307 Å². The summed E-state index contributed by atoms with van der Waals surface area (Å²) in [6, 6.07) is 0. The molecule has 0 spiro atoms. The van der Waals surface area contributed by atoms with Gasteiger partial charge in [0.15, 0.2) is 0 Å². The van der Waals surface area contributed by atoms with Gasteiger partial charge in [-0.25, -0.2) is 0 Å². The van der Waals surface area contributed by atoms with Crippen LogP contribution in [0.5, 0.6) is 0 Å². The van der Waals surface area contributed by atoms with Gasteiger partial charge in [0, 0.05) is 0 Å². The number of hydrogen-bond donors (Lipinski definition) is 0. The highest BCUT2D eigenvalue weighted by Gasteiger charge is 2.47.